The molecule has 0 amide bonds. The summed E-state index contributed by atoms with van der Waals surface area (Å²) in [6, 6.07) is 8.26. The van der Waals surface area contributed by atoms with Gasteiger partial charge in [0.25, 0.3) is 0 Å². The predicted molar refractivity (Wildman–Crippen MR) is 147 cm³/mol. The van der Waals surface area contributed by atoms with Crippen molar-refractivity contribution in [2.45, 2.75) is 78.3 Å². The van der Waals surface area contributed by atoms with Crippen LogP contribution in [0.15, 0.2) is 41.5 Å². The van der Waals surface area contributed by atoms with E-state index in [1.54, 1.807) is 58.0 Å². The summed E-state index contributed by atoms with van der Waals surface area (Å²) in [5, 5.41) is 0. The Morgan fingerprint density at radius 1 is 1.02 bits per heavy atom. The molecule has 0 unspecified atom stereocenters. The first-order valence-corrected chi connectivity index (χ1v) is 14.3. The van der Waals surface area contributed by atoms with Gasteiger partial charge in [-0.1, -0.05) is 39.0 Å². The molecular weight excluding hydrogens is 560 g/mol. The average Bonchev–Trinajstić information content (AvgIpc) is 3.28. The molecule has 1 aromatic carbocycles. The van der Waals surface area contributed by atoms with Gasteiger partial charge in [0.2, 0.25) is 0 Å². The highest BCUT2D eigenvalue weighted by Gasteiger charge is 2.74. The molecule has 2 aliphatic heterocycles. The third-order valence-corrected chi connectivity index (χ3v) is 9.85. The van der Waals surface area contributed by atoms with Gasteiger partial charge in [-0.3, -0.25) is 24.0 Å². The molecule has 7 atom stereocenters. The van der Waals surface area contributed by atoms with E-state index in [2.05, 4.69) is 0 Å². The van der Waals surface area contributed by atoms with Crippen LogP contribution in [0, 0.1) is 22.7 Å². The lowest BCUT2D eigenvalue weighted by molar-refractivity contribution is -0.193. The Morgan fingerprint density at radius 2 is 1.70 bits per heavy atom. The van der Waals surface area contributed by atoms with E-state index in [0.29, 0.717) is 0 Å². The molecule has 2 bridgehead atoms. The maximum atomic E-state index is 14.4. The molecule has 1 aromatic rings. The van der Waals surface area contributed by atoms with Crippen LogP contribution >= 0.6 is 0 Å². The molecule has 0 N–H and O–H groups in total. The van der Waals surface area contributed by atoms with Crippen molar-refractivity contribution in [2.75, 3.05) is 13.2 Å². The van der Waals surface area contributed by atoms with Crippen molar-refractivity contribution in [1.29, 1.82) is 0 Å². The Hall–Kier alpha value is -3.86. The van der Waals surface area contributed by atoms with Gasteiger partial charge in [0.15, 0.2) is 23.3 Å². The zero-order chi connectivity index (χ0) is 31.5. The Balaban J connectivity index is 1.79. The summed E-state index contributed by atoms with van der Waals surface area (Å²) in [6.45, 7) is 8.61. The Bertz CT molecular complexity index is 1430. The number of rotatable bonds is 5. The highest BCUT2D eigenvalue weighted by atomic mass is 16.6. The molecule has 0 radical (unpaired) electrons. The molecule has 4 aliphatic rings. The van der Waals surface area contributed by atoms with Crippen molar-refractivity contribution in [1.82, 2.24) is 0 Å². The highest BCUT2D eigenvalue weighted by Crippen LogP contribution is 2.63. The van der Waals surface area contributed by atoms with Gasteiger partial charge in [-0.2, -0.15) is 0 Å². The van der Waals surface area contributed by atoms with Crippen LogP contribution < -0.4 is 0 Å². The fraction of sp³-hybridized carbons (Fsp3) is 0.562. The van der Waals surface area contributed by atoms with E-state index in [9.17, 15) is 28.8 Å². The number of allylic oxidation sites excluding steroid dienone is 1. The van der Waals surface area contributed by atoms with E-state index in [1.807, 2.05) is 0 Å². The van der Waals surface area contributed by atoms with Crippen LogP contribution in [0.5, 0.6) is 0 Å². The molecule has 2 saturated heterocycles. The van der Waals surface area contributed by atoms with Crippen molar-refractivity contribution in [3.8, 4) is 0 Å². The lowest BCUT2D eigenvalue weighted by Gasteiger charge is -2.57. The molecule has 2 heterocycles. The molecule has 43 heavy (non-hydrogen) atoms. The zero-order valence-corrected chi connectivity index (χ0v) is 25.1. The Morgan fingerprint density at radius 3 is 2.33 bits per heavy atom. The van der Waals surface area contributed by atoms with E-state index in [1.165, 1.54) is 13.8 Å². The number of ether oxygens (including phenoxy) is 5. The molecule has 3 fully saturated rings. The summed E-state index contributed by atoms with van der Waals surface area (Å²) >= 11 is 0. The maximum Gasteiger partial charge on any atom is 0.338 e. The van der Waals surface area contributed by atoms with Gasteiger partial charge in [0.05, 0.1) is 29.9 Å². The SMILES string of the molecule is CC(=O)OC[C@@]12COC(=O)C[C@@H]1O[C@@H]1[C@@H]2[C@@H](C)C(=O)[C@@H](OC(C)=O)C2=C(C)C(=O)C[C@@]1(OC(=O)c1ccccc1)C2(C)C. The van der Waals surface area contributed by atoms with Crippen molar-refractivity contribution in [3.63, 3.8) is 0 Å². The minimum absolute atomic E-state index is 0.207. The number of fused-ring (bicyclic) bond motifs is 6. The molecule has 230 valence electrons. The zero-order valence-electron chi connectivity index (χ0n) is 25.1. The van der Waals surface area contributed by atoms with Crippen molar-refractivity contribution in [2.24, 2.45) is 22.7 Å². The second-order valence-electron chi connectivity index (χ2n) is 12.5. The van der Waals surface area contributed by atoms with E-state index < -0.39 is 82.0 Å². The smallest absolute Gasteiger partial charge is 0.338 e. The molecule has 1 saturated carbocycles. The summed E-state index contributed by atoms with van der Waals surface area (Å²) in [5.41, 5.74) is -3.54. The number of esters is 4. The highest BCUT2D eigenvalue weighted by molar-refractivity contribution is 6.02. The maximum absolute atomic E-state index is 14.4. The standard InChI is InChI=1S/C32H36O11/c1-16-21(35)13-32(43-29(38)20-10-8-7-9-11-20)28-25(17(2)26(37)27(41-19(4)34)24(16)30(32,5)6)31(14-39-18(3)33)15-40-23(36)12-22(31)42-28/h7-11,17,22,25,27-28H,12-15H2,1-6H3/t17-,22+,25+,27+,28-,31-,32+/m1/s1. The molecule has 11 nitrogen and oxygen atoms in total. The molecule has 0 aromatic heterocycles. The minimum Gasteiger partial charge on any atom is -0.465 e. The van der Waals surface area contributed by atoms with Crippen molar-refractivity contribution < 1.29 is 52.5 Å². The normalized spacial score (nSPS) is 34.7. The molecule has 0 spiro atoms. The van der Waals surface area contributed by atoms with Crippen LogP contribution in [0.1, 0.15) is 64.7 Å². The van der Waals surface area contributed by atoms with Gasteiger partial charge in [-0.25, -0.2) is 4.79 Å². The average molecular weight is 597 g/mol. The quantitative estimate of drug-likeness (QED) is 0.365. The van der Waals surface area contributed by atoms with Crippen LogP contribution in [-0.2, 0) is 47.7 Å². The van der Waals surface area contributed by atoms with Gasteiger partial charge in [-0.05, 0) is 30.2 Å². The molecule has 11 heteroatoms. The van der Waals surface area contributed by atoms with Gasteiger partial charge in [0, 0.05) is 31.1 Å². The van der Waals surface area contributed by atoms with Crippen LogP contribution in [-0.4, -0.2) is 72.6 Å². The van der Waals surface area contributed by atoms with Gasteiger partial charge in [0.1, 0.15) is 19.3 Å². The third kappa shape index (κ3) is 4.68. The largest absolute Gasteiger partial charge is 0.465 e. The lowest BCUT2D eigenvalue weighted by atomic mass is 9.51. The molecule has 5 rings (SSSR count). The van der Waals surface area contributed by atoms with Crippen LogP contribution in [0.4, 0.5) is 0 Å². The fourth-order valence-electron chi connectivity index (χ4n) is 7.69. The monoisotopic (exact) mass is 596 g/mol. The number of Topliss-reactive ketones (excluding diaryl/α,β-unsaturated/α-hetero) is 2. The van der Waals surface area contributed by atoms with Gasteiger partial charge < -0.3 is 23.7 Å². The topological polar surface area (TPSA) is 149 Å². The van der Waals surface area contributed by atoms with Gasteiger partial charge in [-0.15, -0.1) is 0 Å². The summed E-state index contributed by atoms with van der Waals surface area (Å²) in [7, 11) is 0. The Labute approximate surface area is 249 Å². The number of carbonyl (C=O) groups is 6. The van der Waals surface area contributed by atoms with Gasteiger partial charge >= 0.3 is 23.9 Å². The summed E-state index contributed by atoms with van der Waals surface area (Å²) in [6.07, 6.45) is -3.97. The first-order chi connectivity index (χ1) is 20.2. The number of carbonyl (C=O) groups excluding carboxylic acids is 6. The molecule has 2 aliphatic carbocycles. The molecular formula is C32H36O11. The fourth-order valence-corrected chi connectivity index (χ4v) is 7.69. The number of ketones is 2. The van der Waals surface area contributed by atoms with E-state index in [4.69, 9.17) is 23.7 Å². The van der Waals surface area contributed by atoms with Crippen molar-refractivity contribution in [3.05, 3.63) is 47.0 Å². The minimum atomic E-state index is -1.73. The number of hydrogen-bond donors (Lipinski definition) is 0. The predicted octanol–water partition coefficient (Wildman–Crippen LogP) is 2.93. The number of hydrogen-bond acceptors (Lipinski definition) is 11. The van der Waals surface area contributed by atoms with Crippen LogP contribution in [0.25, 0.3) is 0 Å². The first kappa shape index (κ1) is 30.6. The first-order valence-electron chi connectivity index (χ1n) is 14.3. The van der Waals surface area contributed by atoms with Crippen LogP contribution in [0.2, 0.25) is 0 Å². The van der Waals surface area contributed by atoms with Crippen molar-refractivity contribution >= 4 is 35.4 Å². The summed E-state index contributed by atoms with van der Waals surface area (Å²) in [5.74, 6) is -5.30. The van der Waals surface area contributed by atoms with E-state index in [0.717, 1.165) is 0 Å². The van der Waals surface area contributed by atoms with E-state index in [-0.39, 0.29) is 42.8 Å². The lowest BCUT2D eigenvalue weighted by Crippen LogP contribution is -2.68. The summed E-state index contributed by atoms with van der Waals surface area (Å²) < 4.78 is 29.8. The van der Waals surface area contributed by atoms with Crippen LogP contribution in [0.3, 0.4) is 0 Å². The second kappa shape index (κ2) is 10.7. The number of cyclic esters (lactones) is 1. The third-order valence-electron chi connectivity index (χ3n) is 9.85. The number of benzene rings is 1. The Kier molecular flexibility index (Phi) is 7.61. The van der Waals surface area contributed by atoms with E-state index >= 15 is 0 Å². The summed E-state index contributed by atoms with van der Waals surface area (Å²) in [4.78, 5) is 79.0. The second-order valence-corrected chi connectivity index (χ2v) is 12.5.